The van der Waals surface area contributed by atoms with Gasteiger partial charge in [-0.3, -0.25) is 4.79 Å². The van der Waals surface area contributed by atoms with Gasteiger partial charge in [0.15, 0.2) is 0 Å². The quantitative estimate of drug-likeness (QED) is 0.719. The summed E-state index contributed by atoms with van der Waals surface area (Å²) in [6.45, 7) is 0.166. The van der Waals surface area contributed by atoms with Gasteiger partial charge < -0.3 is 16.0 Å². The van der Waals surface area contributed by atoms with Crippen LogP contribution in [-0.2, 0) is 4.79 Å². The Hall–Kier alpha value is -1.78. The van der Waals surface area contributed by atoms with Crippen LogP contribution in [0.2, 0.25) is 0 Å². The van der Waals surface area contributed by atoms with Crippen molar-refractivity contribution in [2.45, 2.75) is 0 Å². The van der Waals surface area contributed by atoms with Gasteiger partial charge in [0.25, 0.3) is 0 Å². The lowest BCUT2D eigenvalue weighted by Crippen LogP contribution is -2.33. The summed E-state index contributed by atoms with van der Waals surface area (Å²) < 4.78 is 13.0. The van der Waals surface area contributed by atoms with Crippen LogP contribution >= 0.6 is 0 Å². The Morgan fingerprint density at radius 1 is 1.53 bits per heavy atom. The van der Waals surface area contributed by atoms with E-state index in [0.717, 1.165) is 0 Å². The minimum absolute atomic E-state index is 0.139. The van der Waals surface area contributed by atoms with Crippen molar-refractivity contribution in [3.8, 4) is 0 Å². The highest BCUT2D eigenvalue weighted by Gasteiger charge is 2.07. The molecule has 0 atom stereocenters. The number of nitrogens with two attached hydrogens (primary N) is 1. The molecule has 1 aromatic rings. The zero-order valence-corrected chi connectivity index (χ0v) is 8.75. The van der Waals surface area contributed by atoms with Crippen molar-refractivity contribution in [2.75, 3.05) is 31.3 Å². The summed E-state index contributed by atoms with van der Waals surface area (Å²) in [5.41, 5.74) is 6.41. The number of likely N-dealkylation sites (N-methyl/N-ethyl adjacent to an activating group) is 2. The molecule has 0 aliphatic carbocycles. The van der Waals surface area contributed by atoms with Gasteiger partial charge in [0.1, 0.15) is 5.82 Å². The highest BCUT2D eigenvalue weighted by atomic mass is 19.1. The normalized spacial score (nSPS) is 9.80. The third-order valence-corrected chi connectivity index (χ3v) is 2.01. The molecule has 0 saturated heterocycles. The number of nitrogen functional groups attached to an aromatic ring is 1. The van der Waals surface area contributed by atoms with Crippen LogP contribution < -0.4 is 16.0 Å². The van der Waals surface area contributed by atoms with E-state index in [4.69, 9.17) is 5.73 Å². The molecule has 5 heteroatoms. The lowest BCUT2D eigenvalue weighted by atomic mass is 10.2. The number of benzene rings is 1. The van der Waals surface area contributed by atoms with Crippen molar-refractivity contribution in [1.29, 1.82) is 0 Å². The standard InChI is InChI=1S/C10H14FN3O/c1-13-10(15)6-14(2)9-4-7(11)3-8(12)5-9/h3-5H,6,12H2,1-2H3,(H,13,15). The van der Waals surface area contributed by atoms with Gasteiger partial charge in [-0.05, 0) is 18.2 Å². The lowest BCUT2D eigenvalue weighted by molar-refractivity contribution is -0.119. The van der Waals surface area contributed by atoms with E-state index in [1.165, 1.54) is 12.1 Å². The van der Waals surface area contributed by atoms with Crippen LogP contribution in [0.15, 0.2) is 18.2 Å². The van der Waals surface area contributed by atoms with Gasteiger partial charge in [0, 0.05) is 25.5 Å². The average molecular weight is 211 g/mol. The Labute approximate surface area is 87.9 Å². The fraction of sp³-hybridized carbons (Fsp3) is 0.300. The van der Waals surface area contributed by atoms with Crippen LogP contribution in [0.25, 0.3) is 0 Å². The number of rotatable bonds is 3. The summed E-state index contributed by atoms with van der Waals surface area (Å²) >= 11 is 0. The van der Waals surface area contributed by atoms with Crippen molar-refractivity contribution in [3.05, 3.63) is 24.0 Å². The summed E-state index contributed by atoms with van der Waals surface area (Å²) in [5, 5.41) is 2.49. The Morgan fingerprint density at radius 3 is 2.73 bits per heavy atom. The zero-order chi connectivity index (χ0) is 11.4. The number of nitrogens with one attached hydrogen (secondary N) is 1. The van der Waals surface area contributed by atoms with Gasteiger partial charge in [-0.1, -0.05) is 0 Å². The van der Waals surface area contributed by atoms with Crippen molar-refractivity contribution in [2.24, 2.45) is 0 Å². The predicted molar refractivity (Wildman–Crippen MR) is 58.1 cm³/mol. The summed E-state index contributed by atoms with van der Waals surface area (Å²) in [5.74, 6) is -0.547. The van der Waals surface area contributed by atoms with Gasteiger partial charge in [-0.2, -0.15) is 0 Å². The molecule has 0 saturated carbocycles. The molecule has 0 aromatic heterocycles. The Morgan fingerprint density at radius 2 is 2.20 bits per heavy atom. The molecule has 0 bridgehead atoms. The first kappa shape index (κ1) is 11.3. The van der Waals surface area contributed by atoms with E-state index in [1.807, 2.05) is 0 Å². The van der Waals surface area contributed by atoms with Crippen LogP contribution in [0, 0.1) is 5.82 Å². The molecule has 1 amide bonds. The van der Waals surface area contributed by atoms with Crippen molar-refractivity contribution >= 4 is 17.3 Å². The van der Waals surface area contributed by atoms with Crippen LogP contribution in [0.4, 0.5) is 15.8 Å². The van der Waals surface area contributed by atoms with Crippen molar-refractivity contribution in [1.82, 2.24) is 5.32 Å². The molecule has 1 aromatic carbocycles. The average Bonchev–Trinajstić information content (AvgIpc) is 2.16. The molecule has 1 rings (SSSR count). The molecular formula is C10H14FN3O. The van der Waals surface area contributed by atoms with Gasteiger partial charge in [-0.25, -0.2) is 4.39 Å². The second-order valence-corrected chi connectivity index (χ2v) is 3.27. The minimum Gasteiger partial charge on any atom is -0.399 e. The number of nitrogens with zero attached hydrogens (tertiary/aromatic N) is 1. The highest BCUT2D eigenvalue weighted by Crippen LogP contribution is 2.18. The van der Waals surface area contributed by atoms with E-state index in [2.05, 4.69) is 5.32 Å². The molecule has 0 unspecified atom stereocenters. The zero-order valence-electron chi connectivity index (χ0n) is 8.75. The molecule has 0 radical (unpaired) electrons. The van der Waals surface area contributed by atoms with E-state index in [-0.39, 0.29) is 12.5 Å². The molecule has 0 aliphatic rings. The summed E-state index contributed by atoms with van der Waals surface area (Å²) in [7, 11) is 3.25. The van der Waals surface area contributed by atoms with Crippen molar-refractivity contribution in [3.63, 3.8) is 0 Å². The van der Waals surface area contributed by atoms with E-state index >= 15 is 0 Å². The maximum absolute atomic E-state index is 13.0. The first-order valence-corrected chi connectivity index (χ1v) is 4.50. The van der Waals surface area contributed by atoms with Gasteiger partial charge in [0.05, 0.1) is 6.54 Å². The van der Waals surface area contributed by atoms with E-state index in [1.54, 1.807) is 25.1 Å². The topological polar surface area (TPSA) is 58.4 Å². The highest BCUT2D eigenvalue weighted by molar-refractivity contribution is 5.81. The molecule has 4 nitrogen and oxygen atoms in total. The molecule has 0 aliphatic heterocycles. The van der Waals surface area contributed by atoms with Gasteiger partial charge in [0.2, 0.25) is 5.91 Å². The molecule has 3 N–H and O–H groups in total. The fourth-order valence-electron chi connectivity index (χ4n) is 1.20. The molecule has 0 fully saturated rings. The molecule has 0 heterocycles. The van der Waals surface area contributed by atoms with E-state index in [0.29, 0.717) is 11.4 Å². The number of halogens is 1. The third kappa shape index (κ3) is 3.12. The van der Waals surface area contributed by atoms with Crippen LogP contribution in [0.5, 0.6) is 0 Å². The Kier molecular flexibility index (Phi) is 3.49. The second kappa shape index (κ2) is 4.63. The Bertz CT molecular complexity index is 347. The Balaban J connectivity index is 2.81. The minimum atomic E-state index is -0.409. The van der Waals surface area contributed by atoms with Crippen LogP contribution in [0.3, 0.4) is 0 Å². The number of hydrogen-bond donors (Lipinski definition) is 2. The SMILES string of the molecule is CNC(=O)CN(C)c1cc(N)cc(F)c1. The third-order valence-electron chi connectivity index (χ3n) is 2.01. The molecule has 82 valence electrons. The van der Waals surface area contributed by atoms with E-state index < -0.39 is 5.82 Å². The predicted octanol–water partition coefficient (Wildman–Crippen LogP) is 0.590. The van der Waals surface area contributed by atoms with Gasteiger partial charge >= 0.3 is 0 Å². The maximum atomic E-state index is 13.0. The van der Waals surface area contributed by atoms with Crippen LogP contribution in [0.1, 0.15) is 0 Å². The molecular weight excluding hydrogens is 197 g/mol. The smallest absolute Gasteiger partial charge is 0.239 e. The van der Waals surface area contributed by atoms with Gasteiger partial charge in [-0.15, -0.1) is 0 Å². The number of hydrogen-bond acceptors (Lipinski definition) is 3. The summed E-state index contributed by atoms with van der Waals surface area (Å²) in [4.78, 5) is 12.7. The second-order valence-electron chi connectivity index (χ2n) is 3.27. The largest absolute Gasteiger partial charge is 0.399 e. The first-order valence-electron chi connectivity index (χ1n) is 4.50. The number of anilines is 2. The first-order chi connectivity index (χ1) is 7.02. The van der Waals surface area contributed by atoms with Crippen molar-refractivity contribution < 1.29 is 9.18 Å². The number of carbonyl (C=O) groups excluding carboxylic acids is 1. The van der Waals surface area contributed by atoms with E-state index in [9.17, 15) is 9.18 Å². The monoisotopic (exact) mass is 211 g/mol. The molecule has 0 spiro atoms. The van der Waals surface area contributed by atoms with Crippen LogP contribution in [-0.4, -0.2) is 26.5 Å². The maximum Gasteiger partial charge on any atom is 0.239 e. The summed E-state index contributed by atoms with van der Waals surface area (Å²) in [6.07, 6.45) is 0. The molecule has 15 heavy (non-hydrogen) atoms. The fourth-order valence-corrected chi connectivity index (χ4v) is 1.20. The summed E-state index contributed by atoms with van der Waals surface area (Å²) in [6, 6.07) is 4.18. The number of carbonyl (C=O) groups is 1. The lowest BCUT2D eigenvalue weighted by Gasteiger charge is -2.18. The number of amides is 1.